The van der Waals surface area contributed by atoms with E-state index in [1.54, 1.807) is 0 Å². The van der Waals surface area contributed by atoms with Crippen molar-refractivity contribution in [2.24, 2.45) is 23.7 Å². The van der Waals surface area contributed by atoms with Crippen molar-refractivity contribution in [3.8, 4) is 0 Å². The van der Waals surface area contributed by atoms with Crippen molar-refractivity contribution in [2.45, 2.75) is 58.2 Å². The molecule has 1 aromatic rings. The van der Waals surface area contributed by atoms with Crippen molar-refractivity contribution in [3.05, 3.63) is 12.2 Å². The summed E-state index contributed by atoms with van der Waals surface area (Å²) in [6, 6.07) is 0.742. The Morgan fingerprint density at radius 2 is 2.16 bits per heavy atom. The fraction of sp³-hybridized carbons (Fsp3) is 0.867. The van der Waals surface area contributed by atoms with Gasteiger partial charge in [-0.1, -0.05) is 6.42 Å². The highest BCUT2D eigenvalue weighted by Crippen LogP contribution is 2.58. The Hall–Kier alpha value is -0.900. The van der Waals surface area contributed by atoms with Crippen LogP contribution in [0.4, 0.5) is 0 Å². The monoisotopic (exact) mass is 260 g/mol. The van der Waals surface area contributed by atoms with Gasteiger partial charge in [0.25, 0.3) is 0 Å². The van der Waals surface area contributed by atoms with Crippen molar-refractivity contribution in [1.29, 1.82) is 0 Å². The third kappa shape index (κ3) is 1.83. The van der Waals surface area contributed by atoms with Crippen molar-refractivity contribution in [2.75, 3.05) is 0 Å². The molecule has 3 fully saturated rings. The molecule has 0 aromatic carbocycles. The molecule has 4 nitrogen and oxygen atoms in total. The zero-order valence-corrected chi connectivity index (χ0v) is 11.8. The van der Waals surface area contributed by atoms with Gasteiger partial charge < -0.3 is 9.88 Å². The van der Waals surface area contributed by atoms with Crippen LogP contribution in [0, 0.1) is 23.7 Å². The highest BCUT2D eigenvalue weighted by atomic mass is 15.3. The van der Waals surface area contributed by atoms with Gasteiger partial charge in [-0.15, -0.1) is 10.2 Å². The number of nitrogens with one attached hydrogen (secondary N) is 1. The first-order valence-corrected chi connectivity index (χ1v) is 7.97. The molecular formula is C15H24N4. The van der Waals surface area contributed by atoms with Gasteiger partial charge in [0.15, 0.2) is 0 Å². The highest BCUT2D eigenvalue weighted by Gasteiger charge is 2.53. The lowest BCUT2D eigenvalue weighted by atomic mass is 9.79. The molecule has 5 atom stereocenters. The summed E-state index contributed by atoms with van der Waals surface area (Å²) in [5, 5.41) is 12.0. The van der Waals surface area contributed by atoms with E-state index in [0.29, 0.717) is 0 Å². The van der Waals surface area contributed by atoms with Crippen LogP contribution in [0.1, 0.15) is 44.9 Å². The van der Waals surface area contributed by atoms with E-state index < -0.39 is 0 Å². The molecule has 1 heterocycles. The van der Waals surface area contributed by atoms with Gasteiger partial charge in [0.05, 0.1) is 6.54 Å². The maximum Gasteiger partial charge on any atom is 0.146 e. The van der Waals surface area contributed by atoms with Crippen LogP contribution in [-0.2, 0) is 13.1 Å². The van der Waals surface area contributed by atoms with Crippen LogP contribution in [0.25, 0.3) is 0 Å². The van der Waals surface area contributed by atoms with E-state index in [-0.39, 0.29) is 0 Å². The number of aryl methyl sites for hydroxylation is 1. The lowest BCUT2D eigenvalue weighted by Gasteiger charge is -2.32. The standard InChI is InChI=1S/C15H24N4/c1-2-19-9-17-18-15(19)8-16-14-7-10-6-13(14)12-5-3-4-11(10)12/h9-14,16H,2-8H2,1H3. The van der Waals surface area contributed by atoms with Gasteiger partial charge >= 0.3 is 0 Å². The molecule has 2 bridgehead atoms. The van der Waals surface area contributed by atoms with Crippen molar-refractivity contribution < 1.29 is 0 Å². The first-order chi connectivity index (χ1) is 9.36. The largest absolute Gasteiger partial charge is 0.317 e. The first kappa shape index (κ1) is 11.9. The average molecular weight is 260 g/mol. The van der Waals surface area contributed by atoms with Crippen LogP contribution in [0.2, 0.25) is 0 Å². The van der Waals surface area contributed by atoms with Gasteiger partial charge in [0.2, 0.25) is 0 Å². The Balaban J connectivity index is 1.40. The quantitative estimate of drug-likeness (QED) is 0.902. The summed E-state index contributed by atoms with van der Waals surface area (Å²) in [7, 11) is 0. The van der Waals surface area contributed by atoms with Crippen molar-refractivity contribution in [1.82, 2.24) is 20.1 Å². The molecule has 4 heteroatoms. The number of aromatic nitrogens is 3. The lowest BCUT2D eigenvalue weighted by Crippen LogP contribution is -2.39. The fourth-order valence-corrected chi connectivity index (χ4v) is 5.21. The van der Waals surface area contributed by atoms with Crippen LogP contribution in [-0.4, -0.2) is 20.8 Å². The molecule has 104 valence electrons. The predicted octanol–water partition coefficient (Wildman–Crippen LogP) is 2.21. The topological polar surface area (TPSA) is 42.7 Å². The molecular weight excluding hydrogens is 236 g/mol. The van der Waals surface area contributed by atoms with E-state index in [2.05, 4.69) is 27.0 Å². The number of rotatable bonds is 4. The molecule has 0 saturated heterocycles. The summed E-state index contributed by atoms with van der Waals surface area (Å²) >= 11 is 0. The molecule has 0 spiro atoms. The molecule has 19 heavy (non-hydrogen) atoms. The molecule has 0 aliphatic heterocycles. The van der Waals surface area contributed by atoms with E-state index in [4.69, 9.17) is 0 Å². The van der Waals surface area contributed by atoms with Crippen LogP contribution in [0.15, 0.2) is 6.33 Å². The SMILES string of the molecule is CCn1cnnc1CNC1CC2CC1C1CCCC21. The maximum atomic E-state index is 4.23. The molecule has 3 aliphatic rings. The molecule has 5 unspecified atom stereocenters. The molecule has 0 radical (unpaired) electrons. The number of nitrogens with zero attached hydrogens (tertiary/aromatic N) is 3. The smallest absolute Gasteiger partial charge is 0.146 e. The third-order valence-corrected chi connectivity index (χ3v) is 5.99. The van der Waals surface area contributed by atoms with Crippen LogP contribution < -0.4 is 5.32 Å². The summed E-state index contributed by atoms with van der Waals surface area (Å²) in [6.07, 6.45) is 9.24. The van der Waals surface area contributed by atoms with Gasteiger partial charge in [-0.3, -0.25) is 0 Å². The number of hydrogen-bond acceptors (Lipinski definition) is 3. The third-order valence-electron chi connectivity index (χ3n) is 5.99. The van der Waals surface area contributed by atoms with Gasteiger partial charge in [0.1, 0.15) is 12.2 Å². The van der Waals surface area contributed by atoms with E-state index in [9.17, 15) is 0 Å². The minimum absolute atomic E-state index is 0.742. The van der Waals surface area contributed by atoms with Crippen LogP contribution in [0.5, 0.6) is 0 Å². The molecule has 0 amide bonds. The van der Waals surface area contributed by atoms with E-state index in [0.717, 1.165) is 48.6 Å². The number of fused-ring (bicyclic) bond motifs is 5. The Morgan fingerprint density at radius 1 is 1.26 bits per heavy atom. The van der Waals surface area contributed by atoms with E-state index >= 15 is 0 Å². The fourth-order valence-electron chi connectivity index (χ4n) is 5.21. The molecule has 1 aromatic heterocycles. The molecule has 3 aliphatic carbocycles. The summed E-state index contributed by atoms with van der Waals surface area (Å²) in [4.78, 5) is 0. The highest BCUT2D eigenvalue weighted by molar-refractivity contribution is 5.05. The van der Waals surface area contributed by atoms with Crippen LogP contribution >= 0.6 is 0 Å². The minimum atomic E-state index is 0.742. The summed E-state index contributed by atoms with van der Waals surface area (Å²) in [6.45, 7) is 4.00. The van der Waals surface area contributed by atoms with Crippen molar-refractivity contribution in [3.63, 3.8) is 0 Å². The Kier molecular flexibility index (Phi) is 2.87. The van der Waals surface area contributed by atoms with E-state index in [1.165, 1.54) is 32.1 Å². The zero-order chi connectivity index (χ0) is 12.8. The van der Waals surface area contributed by atoms with Crippen LogP contribution in [0.3, 0.4) is 0 Å². The number of hydrogen-bond donors (Lipinski definition) is 1. The van der Waals surface area contributed by atoms with Gasteiger partial charge in [0, 0.05) is 12.6 Å². The zero-order valence-electron chi connectivity index (χ0n) is 11.8. The Bertz CT molecular complexity index is 455. The van der Waals surface area contributed by atoms with Crippen molar-refractivity contribution >= 4 is 0 Å². The van der Waals surface area contributed by atoms with Gasteiger partial charge in [-0.25, -0.2) is 0 Å². The summed E-state index contributed by atoms with van der Waals surface area (Å²) in [5.74, 6) is 5.20. The van der Waals surface area contributed by atoms with E-state index in [1.807, 2.05) is 6.33 Å². The summed E-state index contributed by atoms with van der Waals surface area (Å²) in [5.41, 5.74) is 0. The second-order valence-corrected chi connectivity index (χ2v) is 6.67. The van der Waals surface area contributed by atoms with Gasteiger partial charge in [-0.05, 0) is 56.3 Å². The molecule has 4 rings (SSSR count). The summed E-state index contributed by atoms with van der Waals surface area (Å²) < 4.78 is 2.14. The normalized spacial score (nSPS) is 39.9. The average Bonchev–Trinajstić information content (AvgIpc) is 3.16. The Morgan fingerprint density at radius 3 is 3.05 bits per heavy atom. The first-order valence-electron chi connectivity index (χ1n) is 7.97. The predicted molar refractivity (Wildman–Crippen MR) is 73.4 cm³/mol. The maximum absolute atomic E-state index is 4.23. The lowest BCUT2D eigenvalue weighted by molar-refractivity contribution is 0.207. The molecule has 1 N–H and O–H groups in total. The Labute approximate surface area is 115 Å². The second kappa shape index (κ2) is 4.58. The molecule has 3 saturated carbocycles. The second-order valence-electron chi connectivity index (χ2n) is 6.67. The minimum Gasteiger partial charge on any atom is -0.317 e. The van der Waals surface area contributed by atoms with Gasteiger partial charge in [-0.2, -0.15) is 0 Å².